The number of rotatable bonds is 4. The molecule has 0 aromatic heterocycles. The number of ether oxygens (including phenoxy) is 1. The van der Waals surface area contributed by atoms with Crippen LogP contribution in [0.15, 0.2) is 35.3 Å². The van der Waals surface area contributed by atoms with E-state index < -0.39 is 0 Å². The van der Waals surface area contributed by atoms with Gasteiger partial charge in [0.1, 0.15) is 0 Å². The lowest BCUT2D eigenvalue weighted by Gasteiger charge is -2.05. The lowest BCUT2D eigenvalue weighted by molar-refractivity contribution is 0.317. The van der Waals surface area contributed by atoms with E-state index in [0.717, 1.165) is 24.4 Å². The minimum absolute atomic E-state index is 0.686. The Morgan fingerprint density at radius 2 is 1.75 bits per heavy atom. The minimum atomic E-state index is 0.686. The molecule has 0 atom stereocenters. The molecule has 0 unspecified atom stereocenters. The lowest BCUT2D eigenvalue weighted by Crippen LogP contribution is -2.03. The highest BCUT2D eigenvalue weighted by Gasteiger charge is 1.97. The van der Waals surface area contributed by atoms with Gasteiger partial charge in [-0.05, 0) is 25.5 Å². The summed E-state index contributed by atoms with van der Waals surface area (Å²) < 4.78 is 5.44. The third-order valence-corrected chi connectivity index (χ3v) is 1.78. The molecular weight excluding hydrogens is 198 g/mol. The maximum absolute atomic E-state index is 5.44. The zero-order chi connectivity index (χ0) is 12.2. The smallest absolute Gasteiger partial charge is 0.188 e. The summed E-state index contributed by atoms with van der Waals surface area (Å²) in [6, 6.07) is 9.91. The van der Waals surface area contributed by atoms with Gasteiger partial charge in [-0.1, -0.05) is 39.0 Å². The molecule has 2 nitrogen and oxygen atoms in total. The molecule has 0 aliphatic carbocycles. The normalized spacial score (nSPS) is 10.4. The Balaban J connectivity index is 0.00000106. The molecule has 2 heteroatoms. The summed E-state index contributed by atoms with van der Waals surface area (Å²) >= 11 is 0. The van der Waals surface area contributed by atoms with Crippen LogP contribution >= 0.6 is 0 Å². The fraction of sp³-hybridized carbons (Fsp3) is 0.500. The van der Waals surface area contributed by atoms with Crippen molar-refractivity contribution < 1.29 is 4.74 Å². The fourth-order valence-corrected chi connectivity index (χ4v) is 1.19. The zero-order valence-electron chi connectivity index (χ0n) is 10.9. The van der Waals surface area contributed by atoms with Crippen molar-refractivity contribution in [1.82, 2.24) is 0 Å². The molecule has 0 bridgehead atoms. The number of hydrogen-bond acceptors (Lipinski definition) is 2. The van der Waals surface area contributed by atoms with Crippen LogP contribution in [0.2, 0.25) is 0 Å². The van der Waals surface area contributed by atoms with Gasteiger partial charge >= 0.3 is 0 Å². The van der Waals surface area contributed by atoms with Gasteiger partial charge in [0, 0.05) is 6.42 Å². The Hall–Kier alpha value is -1.31. The first-order valence-corrected chi connectivity index (χ1v) is 6.12. The van der Waals surface area contributed by atoms with Gasteiger partial charge in [-0.3, -0.25) is 0 Å². The average Bonchev–Trinajstić information content (AvgIpc) is 2.34. The maximum Gasteiger partial charge on any atom is 0.188 e. The Bertz CT molecular complexity index is 272. The van der Waals surface area contributed by atoms with E-state index in [4.69, 9.17) is 4.74 Å². The van der Waals surface area contributed by atoms with Crippen molar-refractivity contribution in [1.29, 1.82) is 0 Å². The minimum Gasteiger partial charge on any atom is -0.481 e. The first-order valence-electron chi connectivity index (χ1n) is 6.12. The van der Waals surface area contributed by atoms with Crippen molar-refractivity contribution >= 4 is 11.6 Å². The number of aliphatic imine (C=N–C) groups is 1. The van der Waals surface area contributed by atoms with Crippen molar-refractivity contribution in [2.45, 2.75) is 40.5 Å². The van der Waals surface area contributed by atoms with Crippen molar-refractivity contribution in [3.8, 4) is 0 Å². The van der Waals surface area contributed by atoms with Crippen molar-refractivity contribution in [3.05, 3.63) is 30.3 Å². The van der Waals surface area contributed by atoms with Crippen LogP contribution in [-0.4, -0.2) is 12.5 Å². The van der Waals surface area contributed by atoms with Gasteiger partial charge in [0.2, 0.25) is 0 Å². The Labute approximate surface area is 99.4 Å². The Morgan fingerprint density at radius 3 is 2.25 bits per heavy atom. The van der Waals surface area contributed by atoms with Gasteiger partial charge in [-0.15, -0.1) is 0 Å². The van der Waals surface area contributed by atoms with E-state index in [-0.39, 0.29) is 0 Å². The third-order valence-electron chi connectivity index (χ3n) is 1.78. The number of para-hydroxylation sites is 1. The highest BCUT2D eigenvalue weighted by molar-refractivity contribution is 5.79. The number of benzene rings is 1. The van der Waals surface area contributed by atoms with E-state index in [0.29, 0.717) is 6.61 Å². The largest absolute Gasteiger partial charge is 0.481 e. The Morgan fingerprint density at radius 1 is 1.12 bits per heavy atom. The molecule has 16 heavy (non-hydrogen) atoms. The topological polar surface area (TPSA) is 21.6 Å². The van der Waals surface area contributed by atoms with Crippen LogP contribution in [0, 0.1) is 0 Å². The first kappa shape index (κ1) is 14.7. The van der Waals surface area contributed by atoms with Gasteiger partial charge < -0.3 is 4.74 Å². The molecule has 0 saturated heterocycles. The predicted octanol–water partition coefficient (Wildman–Crippen LogP) is 4.58. The lowest BCUT2D eigenvalue weighted by atomic mass is 10.3. The molecule has 0 radical (unpaired) electrons. The summed E-state index contributed by atoms with van der Waals surface area (Å²) in [5.41, 5.74) is 0.962. The number of hydrogen-bond donors (Lipinski definition) is 0. The number of nitrogens with zero attached hydrogens (tertiary/aromatic N) is 1. The fourth-order valence-electron chi connectivity index (χ4n) is 1.19. The van der Waals surface area contributed by atoms with Gasteiger partial charge in [0.25, 0.3) is 0 Å². The van der Waals surface area contributed by atoms with Gasteiger partial charge in [-0.25, -0.2) is 4.99 Å². The second kappa shape index (κ2) is 10.2. The van der Waals surface area contributed by atoms with Crippen LogP contribution in [0.1, 0.15) is 40.5 Å². The van der Waals surface area contributed by atoms with Crippen LogP contribution in [0.3, 0.4) is 0 Å². The van der Waals surface area contributed by atoms with E-state index in [1.165, 1.54) is 0 Å². The van der Waals surface area contributed by atoms with Crippen LogP contribution in [-0.2, 0) is 4.74 Å². The molecule has 0 aliphatic heterocycles. The molecule has 0 fully saturated rings. The standard InChI is InChI=1S/C12H17NO.C2H6/c1-3-8-12(14-4-2)13-11-9-6-5-7-10-11;1-2/h5-7,9-10H,3-4,8H2,1-2H3;1-2H3. The monoisotopic (exact) mass is 221 g/mol. The molecule has 0 heterocycles. The van der Waals surface area contributed by atoms with E-state index in [9.17, 15) is 0 Å². The highest BCUT2D eigenvalue weighted by atomic mass is 16.5. The predicted molar refractivity (Wildman–Crippen MR) is 71.4 cm³/mol. The summed E-state index contributed by atoms with van der Waals surface area (Å²) in [5.74, 6) is 0.834. The van der Waals surface area contributed by atoms with Crippen LogP contribution < -0.4 is 0 Å². The van der Waals surface area contributed by atoms with Gasteiger partial charge in [0.15, 0.2) is 5.90 Å². The quantitative estimate of drug-likeness (QED) is 0.538. The van der Waals surface area contributed by atoms with Gasteiger partial charge in [0.05, 0.1) is 12.3 Å². The van der Waals surface area contributed by atoms with E-state index >= 15 is 0 Å². The maximum atomic E-state index is 5.44. The van der Waals surface area contributed by atoms with E-state index in [2.05, 4.69) is 11.9 Å². The summed E-state index contributed by atoms with van der Waals surface area (Å²) in [6.45, 7) is 8.79. The van der Waals surface area contributed by atoms with Crippen LogP contribution in [0.4, 0.5) is 5.69 Å². The second-order valence-electron chi connectivity index (χ2n) is 3.02. The van der Waals surface area contributed by atoms with Crippen molar-refractivity contribution in [2.75, 3.05) is 6.61 Å². The molecule has 0 N–H and O–H groups in total. The molecular formula is C14H23NO. The van der Waals surface area contributed by atoms with Crippen molar-refractivity contribution in [2.24, 2.45) is 4.99 Å². The average molecular weight is 221 g/mol. The summed E-state index contributed by atoms with van der Waals surface area (Å²) in [6.07, 6.45) is 1.97. The SMILES string of the molecule is CC.CCCC(=Nc1ccccc1)OCC. The van der Waals surface area contributed by atoms with Crippen LogP contribution in [0.5, 0.6) is 0 Å². The summed E-state index contributed by atoms with van der Waals surface area (Å²) in [4.78, 5) is 4.43. The van der Waals surface area contributed by atoms with Crippen LogP contribution in [0.25, 0.3) is 0 Å². The van der Waals surface area contributed by atoms with Gasteiger partial charge in [-0.2, -0.15) is 0 Å². The van der Waals surface area contributed by atoms with E-state index in [1.54, 1.807) is 0 Å². The van der Waals surface area contributed by atoms with E-state index in [1.807, 2.05) is 51.1 Å². The molecule has 1 aromatic rings. The molecule has 0 spiro atoms. The second-order valence-corrected chi connectivity index (χ2v) is 3.02. The molecule has 1 rings (SSSR count). The summed E-state index contributed by atoms with van der Waals surface area (Å²) in [5, 5.41) is 0. The molecule has 0 saturated carbocycles. The molecule has 90 valence electrons. The zero-order valence-corrected chi connectivity index (χ0v) is 10.9. The third kappa shape index (κ3) is 6.23. The summed E-state index contributed by atoms with van der Waals surface area (Å²) in [7, 11) is 0. The first-order chi connectivity index (χ1) is 7.86. The van der Waals surface area contributed by atoms with Crippen molar-refractivity contribution in [3.63, 3.8) is 0 Å². The highest BCUT2D eigenvalue weighted by Crippen LogP contribution is 2.11. The molecule has 1 aromatic carbocycles. The molecule has 0 aliphatic rings. The molecule has 0 amide bonds. The Kier molecular flexibility index (Phi) is 9.38.